The maximum Gasteiger partial charge on any atom is 0.248 e. The first-order valence-electron chi connectivity index (χ1n) is 11.4. The fourth-order valence-electron chi connectivity index (χ4n) is 4.21. The van der Waals surface area contributed by atoms with Crippen molar-refractivity contribution in [2.75, 3.05) is 38.3 Å². The standard InChI is InChI=1S/C25H39N3O4/c1-18(2)14-26(22(29)12-19(3)13-25(4,5)6)15-23(30)27-16-24(31)28(17-27)20-8-10-21(32-7)11-9-20/h8-11,18-19H,12-17H2,1-7H3. The lowest BCUT2D eigenvalue weighted by Gasteiger charge is -2.29. The molecule has 0 aliphatic carbocycles. The van der Waals surface area contributed by atoms with Gasteiger partial charge in [-0.1, -0.05) is 41.5 Å². The third kappa shape index (κ3) is 7.53. The summed E-state index contributed by atoms with van der Waals surface area (Å²) < 4.78 is 5.16. The summed E-state index contributed by atoms with van der Waals surface area (Å²) in [7, 11) is 1.59. The Morgan fingerprint density at radius 2 is 1.75 bits per heavy atom. The van der Waals surface area contributed by atoms with Crippen LogP contribution in [0, 0.1) is 17.3 Å². The molecule has 2 rings (SSSR count). The SMILES string of the molecule is COc1ccc(N2CN(C(=O)CN(CC(C)C)C(=O)CC(C)CC(C)(C)C)CC2=O)cc1. The van der Waals surface area contributed by atoms with Crippen molar-refractivity contribution in [2.24, 2.45) is 17.3 Å². The molecule has 7 heteroatoms. The average molecular weight is 446 g/mol. The molecule has 7 nitrogen and oxygen atoms in total. The summed E-state index contributed by atoms with van der Waals surface area (Å²) in [6, 6.07) is 7.18. The van der Waals surface area contributed by atoms with E-state index < -0.39 is 0 Å². The Morgan fingerprint density at radius 3 is 2.28 bits per heavy atom. The summed E-state index contributed by atoms with van der Waals surface area (Å²) in [6.45, 7) is 13.4. The van der Waals surface area contributed by atoms with Crippen molar-refractivity contribution in [1.82, 2.24) is 9.80 Å². The van der Waals surface area contributed by atoms with Gasteiger partial charge in [0.2, 0.25) is 17.7 Å². The lowest BCUT2D eigenvalue weighted by Crippen LogP contribution is -2.44. The zero-order valence-corrected chi connectivity index (χ0v) is 20.7. The number of benzene rings is 1. The fraction of sp³-hybridized carbons (Fsp3) is 0.640. The van der Waals surface area contributed by atoms with E-state index in [1.54, 1.807) is 41.2 Å². The fourth-order valence-corrected chi connectivity index (χ4v) is 4.21. The Hall–Kier alpha value is -2.57. The third-order valence-electron chi connectivity index (χ3n) is 5.42. The molecule has 0 bridgehead atoms. The summed E-state index contributed by atoms with van der Waals surface area (Å²) in [4.78, 5) is 43.3. The van der Waals surface area contributed by atoms with Gasteiger partial charge in [-0.15, -0.1) is 0 Å². The molecule has 0 radical (unpaired) electrons. The van der Waals surface area contributed by atoms with Crippen LogP contribution in [0.15, 0.2) is 24.3 Å². The van der Waals surface area contributed by atoms with Gasteiger partial charge >= 0.3 is 0 Å². The zero-order chi connectivity index (χ0) is 24.1. The number of ether oxygens (including phenoxy) is 1. The Balaban J connectivity index is 2.02. The predicted molar refractivity (Wildman–Crippen MR) is 126 cm³/mol. The molecular formula is C25H39N3O4. The van der Waals surface area contributed by atoms with Crippen molar-refractivity contribution in [2.45, 2.75) is 54.4 Å². The molecule has 1 saturated heterocycles. The quantitative estimate of drug-likeness (QED) is 0.580. The number of carbonyl (C=O) groups excluding carboxylic acids is 3. The van der Waals surface area contributed by atoms with Gasteiger partial charge < -0.3 is 14.5 Å². The minimum absolute atomic E-state index is 0.00124. The monoisotopic (exact) mass is 445 g/mol. The van der Waals surface area contributed by atoms with Gasteiger partial charge in [-0.05, 0) is 47.9 Å². The van der Waals surface area contributed by atoms with Crippen molar-refractivity contribution in [3.8, 4) is 5.75 Å². The molecule has 1 aromatic carbocycles. The van der Waals surface area contributed by atoms with Crippen LogP contribution in [0.4, 0.5) is 5.69 Å². The number of nitrogens with zero attached hydrogens (tertiary/aromatic N) is 3. The second kappa shape index (κ2) is 10.8. The van der Waals surface area contributed by atoms with E-state index in [1.165, 1.54) is 4.90 Å². The van der Waals surface area contributed by atoms with E-state index in [-0.39, 0.29) is 54.7 Å². The van der Waals surface area contributed by atoms with Crippen LogP contribution >= 0.6 is 0 Å². The third-order valence-corrected chi connectivity index (χ3v) is 5.42. The molecule has 0 N–H and O–H groups in total. The molecule has 1 aliphatic heterocycles. The van der Waals surface area contributed by atoms with Gasteiger partial charge in [0.15, 0.2) is 0 Å². The first-order valence-corrected chi connectivity index (χ1v) is 11.4. The second-order valence-corrected chi connectivity index (χ2v) is 10.5. The van der Waals surface area contributed by atoms with Gasteiger partial charge in [0, 0.05) is 18.7 Å². The predicted octanol–water partition coefficient (Wildman–Crippen LogP) is 3.77. The van der Waals surface area contributed by atoms with Gasteiger partial charge in [0.25, 0.3) is 0 Å². The first-order chi connectivity index (χ1) is 14.9. The Morgan fingerprint density at radius 1 is 1.12 bits per heavy atom. The van der Waals surface area contributed by atoms with Crippen molar-refractivity contribution < 1.29 is 19.1 Å². The van der Waals surface area contributed by atoms with E-state index in [1.807, 2.05) is 13.8 Å². The summed E-state index contributed by atoms with van der Waals surface area (Å²) in [5.41, 5.74) is 0.872. The van der Waals surface area contributed by atoms with E-state index >= 15 is 0 Å². The lowest BCUT2D eigenvalue weighted by atomic mass is 9.84. The molecular weight excluding hydrogens is 406 g/mol. The van der Waals surface area contributed by atoms with Crippen LogP contribution in [0.3, 0.4) is 0 Å². The Kier molecular flexibility index (Phi) is 8.70. The van der Waals surface area contributed by atoms with Gasteiger partial charge in [0.1, 0.15) is 19.0 Å². The van der Waals surface area contributed by atoms with E-state index in [4.69, 9.17) is 4.74 Å². The lowest BCUT2D eigenvalue weighted by molar-refractivity contribution is -0.141. The number of amides is 3. The summed E-state index contributed by atoms with van der Waals surface area (Å²) in [6.07, 6.45) is 1.37. The topological polar surface area (TPSA) is 70.2 Å². The van der Waals surface area contributed by atoms with Crippen molar-refractivity contribution >= 4 is 23.4 Å². The van der Waals surface area contributed by atoms with Gasteiger partial charge in [-0.3, -0.25) is 19.3 Å². The Labute approximate surface area is 192 Å². The number of hydrogen-bond acceptors (Lipinski definition) is 4. The van der Waals surface area contributed by atoms with Crippen molar-refractivity contribution in [3.63, 3.8) is 0 Å². The van der Waals surface area contributed by atoms with E-state index in [2.05, 4.69) is 27.7 Å². The first kappa shape index (κ1) is 25.7. The molecule has 1 fully saturated rings. The molecule has 1 aliphatic rings. The highest BCUT2D eigenvalue weighted by Crippen LogP contribution is 2.27. The molecule has 1 heterocycles. The second-order valence-electron chi connectivity index (χ2n) is 10.5. The number of rotatable bonds is 9. The molecule has 1 unspecified atom stereocenters. The number of methoxy groups -OCH3 is 1. The smallest absolute Gasteiger partial charge is 0.248 e. The Bertz CT molecular complexity index is 798. The molecule has 1 aromatic rings. The summed E-state index contributed by atoms with van der Waals surface area (Å²) >= 11 is 0. The number of carbonyl (C=O) groups is 3. The highest BCUT2D eigenvalue weighted by atomic mass is 16.5. The van der Waals surface area contributed by atoms with Crippen LogP contribution in [0.1, 0.15) is 54.4 Å². The average Bonchev–Trinajstić information content (AvgIpc) is 3.07. The van der Waals surface area contributed by atoms with Crippen LogP contribution in [0.5, 0.6) is 5.75 Å². The van der Waals surface area contributed by atoms with Gasteiger partial charge in [0.05, 0.1) is 13.7 Å². The summed E-state index contributed by atoms with van der Waals surface area (Å²) in [5.74, 6) is 0.862. The van der Waals surface area contributed by atoms with Crippen molar-refractivity contribution in [3.05, 3.63) is 24.3 Å². The molecule has 178 valence electrons. The zero-order valence-electron chi connectivity index (χ0n) is 20.7. The van der Waals surface area contributed by atoms with E-state index in [0.29, 0.717) is 18.7 Å². The van der Waals surface area contributed by atoms with Gasteiger partial charge in [-0.2, -0.15) is 0 Å². The van der Waals surface area contributed by atoms with E-state index in [0.717, 1.165) is 12.1 Å². The van der Waals surface area contributed by atoms with Crippen LogP contribution in [-0.4, -0.2) is 60.9 Å². The summed E-state index contributed by atoms with van der Waals surface area (Å²) in [5, 5.41) is 0. The largest absolute Gasteiger partial charge is 0.497 e. The minimum atomic E-state index is -0.202. The molecule has 0 saturated carbocycles. The van der Waals surface area contributed by atoms with Crippen LogP contribution in [0.25, 0.3) is 0 Å². The van der Waals surface area contributed by atoms with E-state index in [9.17, 15) is 14.4 Å². The molecule has 3 amide bonds. The normalized spacial score (nSPS) is 15.3. The number of hydrogen-bond donors (Lipinski definition) is 0. The molecule has 32 heavy (non-hydrogen) atoms. The molecule has 0 spiro atoms. The van der Waals surface area contributed by atoms with Gasteiger partial charge in [-0.25, -0.2) is 0 Å². The maximum absolute atomic E-state index is 13.0. The maximum atomic E-state index is 13.0. The molecule has 1 atom stereocenters. The highest BCUT2D eigenvalue weighted by molar-refractivity contribution is 6.00. The van der Waals surface area contributed by atoms with Crippen LogP contribution in [-0.2, 0) is 14.4 Å². The van der Waals surface area contributed by atoms with Crippen LogP contribution in [0.2, 0.25) is 0 Å². The van der Waals surface area contributed by atoms with Crippen LogP contribution < -0.4 is 9.64 Å². The number of anilines is 1. The minimum Gasteiger partial charge on any atom is -0.497 e. The molecule has 0 aromatic heterocycles. The van der Waals surface area contributed by atoms with Crippen molar-refractivity contribution in [1.29, 1.82) is 0 Å². The highest BCUT2D eigenvalue weighted by Gasteiger charge is 2.33.